The van der Waals surface area contributed by atoms with Gasteiger partial charge in [0.2, 0.25) is 0 Å². The van der Waals surface area contributed by atoms with Gasteiger partial charge in [-0.3, -0.25) is 19.8 Å². The van der Waals surface area contributed by atoms with Gasteiger partial charge in [0.1, 0.15) is 49.2 Å². The number of phenolic OH excluding ortho intramolecular Hbond substituents is 1. The van der Waals surface area contributed by atoms with Gasteiger partial charge >= 0.3 is 18.1 Å². The van der Waals surface area contributed by atoms with Gasteiger partial charge in [-0.25, -0.2) is 27.7 Å². The lowest BCUT2D eigenvalue weighted by Gasteiger charge is -2.42. The van der Waals surface area contributed by atoms with E-state index in [0.29, 0.717) is 82.8 Å². The van der Waals surface area contributed by atoms with Gasteiger partial charge in [-0.15, -0.1) is 6.42 Å². The van der Waals surface area contributed by atoms with Crippen molar-refractivity contribution in [1.29, 1.82) is 0 Å². The Balaban J connectivity index is 0.728. The maximum atomic E-state index is 15.6. The SMILES string of the molecule is C#Cc1c(F)ccc2cc(O)cc(N3CCc4c(nc(OCC56CCCN5CC(F)C6)nc4N4CCN(C(=O)C(=C)COC(=O)Nc5cc6cc7c(nc6cc5F)-c5cc6c(c(=O)n5C7)COC(=O)C6(O)CC)CC4C)C3)c12. The molecule has 6 aliphatic heterocycles. The minimum atomic E-state index is -2.00. The molecule has 3 aromatic heterocycles. The van der Waals surface area contributed by atoms with Gasteiger partial charge in [0.15, 0.2) is 5.60 Å². The molecular weight excluding hydrogens is 1010 g/mol. The lowest BCUT2D eigenvalue weighted by molar-refractivity contribution is -0.172. The molecule has 9 heterocycles. The lowest BCUT2D eigenvalue weighted by Crippen LogP contribution is -2.55. The number of fused-ring (bicyclic) bond motifs is 8. The van der Waals surface area contributed by atoms with E-state index in [2.05, 4.69) is 32.6 Å². The highest BCUT2D eigenvalue weighted by Crippen LogP contribution is 2.43. The van der Waals surface area contributed by atoms with Crippen LogP contribution in [0.3, 0.4) is 0 Å². The van der Waals surface area contributed by atoms with Crippen molar-refractivity contribution in [2.24, 2.45) is 0 Å². The number of phenols is 1. The highest BCUT2D eigenvalue weighted by Gasteiger charge is 2.50. The zero-order chi connectivity index (χ0) is 54.5. The molecule has 2 amide bonds. The number of ether oxygens (including phenoxy) is 3. The molecule has 3 fully saturated rings. The Morgan fingerprint density at radius 2 is 1.83 bits per heavy atom. The van der Waals surface area contributed by atoms with Gasteiger partial charge in [-0.2, -0.15) is 9.97 Å². The van der Waals surface area contributed by atoms with Crippen LogP contribution >= 0.6 is 0 Å². The van der Waals surface area contributed by atoms with Crippen LogP contribution in [-0.4, -0.2) is 128 Å². The number of esters is 1. The predicted octanol–water partition coefficient (Wildman–Crippen LogP) is 6.35. The summed E-state index contributed by atoms with van der Waals surface area (Å²) in [6.07, 6.45) is 6.35. The second-order valence-electron chi connectivity index (χ2n) is 21.1. The smallest absolute Gasteiger partial charge is 0.412 e. The second kappa shape index (κ2) is 19.1. The highest BCUT2D eigenvalue weighted by atomic mass is 19.1. The van der Waals surface area contributed by atoms with Crippen LogP contribution in [0.15, 0.2) is 65.5 Å². The van der Waals surface area contributed by atoms with Gasteiger partial charge in [-0.05, 0) is 74.9 Å². The first-order valence-corrected chi connectivity index (χ1v) is 26.0. The summed E-state index contributed by atoms with van der Waals surface area (Å²) in [5.74, 6) is 0.434. The number of hydrogen-bond acceptors (Lipinski definition) is 15. The van der Waals surface area contributed by atoms with Crippen LogP contribution in [0.25, 0.3) is 33.1 Å². The van der Waals surface area contributed by atoms with E-state index < -0.39 is 59.1 Å². The van der Waals surface area contributed by atoms with Crippen molar-refractivity contribution >= 4 is 56.8 Å². The van der Waals surface area contributed by atoms with Gasteiger partial charge in [-0.1, -0.05) is 25.5 Å². The number of rotatable bonds is 10. The number of pyridine rings is 2. The van der Waals surface area contributed by atoms with Crippen molar-refractivity contribution < 1.29 is 52.0 Å². The summed E-state index contributed by atoms with van der Waals surface area (Å²) in [5, 5.41) is 25.9. The molecule has 21 heteroatoms. The molecule has 3 N–H and O–H groups in total. The van der Waals surface area contributed by atoms with E-state index in [-0.39, 0.29) is 97.1 Å². The van der Waals surface area contributed by atoms with Gasteiger partial charge in [0.05, 0.1) is 58.0 Å². The Bertz CT molecular complexity index is 3700. The molecule has 6 aromatic rings. The number of halogens is 3. The number of terminal acetylenes is 1. The number of piperazine rings is 1. The quantitative estimate of drug-likeness (QED) is 0.0776. The van der Waals surface area contributed by atoms with E-state index in [9.17, 15) is 33.8 Å². The van der Waals surface area contributed by atoms with Crippen LogP contribution in [0.4, 0.5) is 35.2 Å². The number of aromatic hydroxyl groups is 1. The van der Waals surface area contributed by atoms with Crippen molar-refractivity contribution in [2.75, 3.05) is 67.6 Å². The lowest BCUT2D eigenvalue weighted by atomic mass is 9.86. The second-order valence-corrected chi connectivity index (χ2v) is 21.1. The molecule has 78 heavy (non-hydrogen) atoms. The summed E-state index contributed by atoms with van der Waals surface area (Å²) >= 11 is 0. The van der Waals surface area contributed by atoms with Crippen LogP contribution < -0.4 is 25.4 Å². The van der Waals surface area contributed by atoms with E-state index in [0.717, 1.165) is 31.0 Å². The number of alkyl halides is 1. The molecule has 402 valence electrons. The first-order chi connectivity index (χ1) is 37.4. The molecule has 0 bridgehead atoms. The van der Waals surface area contributed by atoms with E-state index >= 15 is 8.78 Å². The third kappa shape index (κ3) is 8.39. The van der Waals surface area contributed by atoms with Crippen molar-refractivity contribution in [1.82, 2.24) is 29.3 Å². The summed E-state index contributed by atoms with van der Waals surface area (Å²) in [6, 6.07) is 11.6. The number of hydrogen-bond donors (Lipinski definition) is 3. The van der Waals surface area contributed by atoms with Crippen molar-refractivity contribution in [3.63, 3.8) is 0 Å². The number of carbonyl (C=O) groups excluding carboxylic acids is 3. The standard InChI is InChI=1S/C57H54F3N9O9/c1-5-37-41(59)9-8-32-17-36(70)19-46(48(32)37)65-13-10-38-45(26-65)62-54(78-29-56-11-7-12-67(56)25-35(58)22-56)64-50(38)68-15-14-66(23-31(68)4)51(71)30(3)27-77-55(74)63-44-18-33-16-34-24-69-47(49(34)61-43(33)21-42(44)60)20-40-39(52(69)72)28-76-53(73)57(40,75)6-2/h1,8-9,16-21,31,35,70,75H,3,6-7,10-15,22-29H2,2,4H3,(H,63,74). The van der Waals surface area contributed by atoms with Crippen LogP contribution in [0.5, 0.6) is 11.8 Å². The monoisotopic (exact) mass is 1070 g/mol. The third-order valence-electron chi connectivity index (χ3n) is 16.5. The van der Waals surface area contributed by atoms with Crippen LogP contribution in [0.2, 0.25) is 0 Å². The first-order valence-electron chi connectivity index (χ1n) is 26.0. The van der Waals surface area contributed by atoms with Gasteiger partial charge < -0.3 is 43.7 Å². The van der Waals surface area contributed by atoms with E-state index in [1.807, 2.05) is 11.8 Å². The van der Waals surface area contributed by atoms with E-state index in [1.54, 1.807) is 42.2 Å². The minimum Gasteiger partial charge on any atom is -0.508 e. The molecule has 0 saturated carbocycles. The zero-order valence-corrected chi connectivity index (χ0v) is 42.8. The Hall–Kier alpha value is -8.22. The largest absolute Gasteiger partial charge is 0.508 e. The van der Waals surface area contributed by atoms with Gasteiger partial charge in [0.25, 0.3) is 11.5 Å². The van der Waals surface area contributed by atoms with Crippen LogP contribution in [-0.2, 0) is 50.8 Å². The molecule has 3 saturated heterocycles. The number of cyclic esters (lactones) is 1. The van der Waals surface area contributed by atoms with E-state index in [4.69, 9.17) is 30.6 Å². The van der Waals surface area contributed by atoms with Crippen LogP contribution in [0, 0.1) is 24.0 Å². The molecule has 3 aromatic carbocycles. The van der Waals surface area contributed by atoms with Crippen molar-refractivity contribution in [2.45, 2.75) is 89.0 Å². The molecule has 0 aliphatic carbocycles. The molecular formula is C57H54F3N9O9. The average molecular weight is 1070 g/mol. The molecule has 0 spiro atoms. The molecule has 4 unspecified atom stereocenters. The number of amides is 2. The number of nitrogens with zero attached hydrogens (tertiary/aromatic N) is 8. The molecule has 12 rings (SSSR count). The zero-order valence-electron chi connectivity index (χ0n) is 42.8. The predicted molar refractivity (Wildman–Crippen MR) is 281 cm³/mol. The fourth-order valence-electron chi connectivity index (χ4n) is 12.5. The van der Waals surface area contributed by atoms with Crippen LogP contribution in [0.1, 0.15) is 73.0 Å². The average Bonchev–Trinajstić information content (AvgIpc) is 4.23. The summed E-state index contributed by atoms with van der Waals surface area (Å²) in [4.78, 5) is 75.7. The molecule has 6 aliphatic rings. The Labute approximate surface area is 445 Å². The van der Waals surface area contributed by atoms with E-state index in [1.165, 1.54) is 16.7 Å². The Morgan fingerprint density at radius 3 is 2.63 bits per heavy atom. The summed E-state index contributed by atoms with van der Waals surface area (Å²) in [7, 11) is 0. The maximum absolute atomic E-state index is 15.6. The first kappa shape index (κ1) is 50.6. The number of anilines is 3. The molecule has 0 radical (unpaired) electrons. The summed E-state index contributed by atoms with van der Waals surface area (Å²) < 4.78 is 64.1. The fraction of sp³-hybridized carbons (Fsp3) is 0.386. The Kier molecular flexibility index (Phi) is 12.4. The number of benzene rings is 3. The number of aromatic nitrogens is 4. The molecule has 4 atom stereocenters. The van der Waals surface area contributed by atoms with Crippen molar-refractivity contribution in [3.05, 3.63) is 116 Å². The number of nitrogens with one attached hydrogen (secondary N) is 1. The number of carbonyl (C=O) groups is 3. The van der Waals surface area contributed by atoms with Crippen molar-refractivity contribution in [3.8, 4) is 35.5 Å². The highest BCUT2D eigenvalue weighted by molar-refractivity contribution is 6.00. The maximum Gasteiger partial charge on any atom is 0.412 e. The van der Waals surface area contributed by atoms with Gasteiger partial charge in [0, 0.05) is 96.0 Å². The minimum absolute atomic E-state index is 0.00889. The summed E-state index contributed by atoms with van der Waals surface area (Å²) in [5.41, 5.74) is 0.911. The third-order valence-corrected chi connectivity index (χ3v) is 16.5. The Morgan fingerprint density at radius 1 is 1.00 bits per heavy atom. The topological polar surface area (TPSA) is 205 Å². The normalized spacial score (nSPS) is 22.3. The number of aliphatic hydroxyl groups is 1. The fourth-order valence-corrected chi connectivity index (χ4v) is 12.5. The molecule has 18 nitrogen and oxygen atoms in total. The summed E-state index contributed by atoms with van der Waals surface area (Å²) in [6.45, 7) is 9.69.